The van der Waals surface area contributed by atoms with Crippen LogP contribution in [0, 0.1) is 0 Å². The van der Waals surface area contributed by atoms with Crippen molar-refractivity contribution in [2.24, 2.45) is 0 Å². The van der Waals surface area contributed by atoms with Crippen molar-refractivity contribution in [3.05, 3.63) is 35.9 Å². The smallest absolute Gasteiger partial charge is 0.483 e. The zero-order valence-corrected chi connectivity index (χ0v) is 8.31. The molecule has 88 valence electrons. The Bertz CT molecular complexity index is 268. The van der Waals surface area contributed by atoms with Crippen LogP contribution in [0.25, 0.3) is 0 Å². The van der Waals surface area contributed by atoms with E-state index in [1.165, 1.54) is 0 Å². The average molecular weight is 229 g/mol. The van der Waals surface area contributed by atoms with Gasteiger partial charge in [0.05, 0.1) is 0 Å². The predicted octanol–water partition coefficient (Wildman–Crippen LogP) is 0.441. The fraction of sp³-hybridized carbons (Fsp3) is 0.125. The van der Waals surface area contributed by atoms with Crippen molar-refractivity contribution < 1.29 is 30.0 Å². The number of hydrogen-bond donors (Lipinski definition) is 4. The summed E-state index contributed by atoms with van der Waals surface area (Å²) in [6.07, 6.45) is 0. The van der Waals surface area contributed by atoms with Crippen LogP contribution in [0.3, 0.4) is 0 Å². The molecule has 0 spiro atoms. The summed E-state index contributed by atoms with van der Waals surface area (Å²) in [5.74, 6) is 0. The standard InChI is InChI=1S/C7H10BNO4.CH2O2/c10-12-8(13-11)9-6-7-4-2-1-3-5-7;2-1-3/h1-5,9-11H,6H2;1H,(H,2,3). The van der Waals surface area contributed by atoms with Crippen LogP contribution in [0.2, 0.25) is 0 Å². The monoisotopic (exact) mass is 229 g/mol. The Kier molecular flexibility index (Phi) is 9.17. The molecule has 7 nitrogen and oxygen atoms in total. The number of rotatable bonds is 5. The van der Waals surface area contributed by atoms with Gasteiger partial charge in [-0.05, 0) is 5.56 Å². The van der Waals surface area contributed by atoms with Gasteiger partial charge in [0.15, 0.2) is 0 Å². The molecule has 0 heterocycles. The number of carbonyl (C=O) groups is 1. The normalized spacial score (nSPS) is 8.88. The molecule has 0 aliphatic heterocycles. The van der Waals surface area contributed by atoms with E-state index in [2.05, 4.69) is 14.8 Å². The highest BCUT2D eigenvalue weighted by molar-refractivity contribution is 6.40. The molecular weight excluding hydrogens is 217 g/mol. The predicted molar refractivity (Wildman–Crippen MR) is 55.2 cm³/mol. The van der Waals surface area contributed by atoms with E-state index < -0.39 is 7.25 Å². The SMILES string of the molecule is O=CO.OOB(NCc1ccccc1)OO. The Morgan fingerprint density at radius 2 is 1.75 bits per heavy atom. The molecule has 0 aromatic heterocycles. The third-order valence-corrected chi connectivity index (χ3v) is 1.51. The van der Waals surface area contributed by atoms with Crippen molar-refractivity contribution in [1.82, 2.24) is 5.23 Å². The van der Waals surface area contributed by atoms with Crippen LogP contribution in [-0.4, -0.2) is 29.3 Å². The third kappa shape index (κ3) is 6.93. The van der Waals surface area contributed by atoms with Gasteiger partial charge in [0.25, 0.3) is 6.47 Å². The minimum atomic E-state index is -1.22. The van der Waals surface area contributed by atoms with Crippen molar-refractivity contribution in [2.45, 2.75) is 6.54 Å². The lowest BCUT2D eigenvalue weighted by Crippen LogP contribution is -2.37. The Hall–Kier alpha value is -1.45. The number of carboxylic acid groups (broad SMARTS) is 1. The quantitative estimate of drug-likeness (QED) is 0.251. The zero-order valence-electron chi connectivity index (χ0n) is 8.31. The van der Waals surface area contributed by atoms with Crippen molar-refractivity contribution in [1.29, 1.82) is 0 Å². The first-order valence-electron chi connectivity index (χ1n) is 4.24. The highest BCUT2D eigenvalue weighted by Crippen LogP contribution is 1.97. The Labute approximate surface area is 92.3 Å². The summed E-state index contributed by atoms with van der Waals surface area (Å²) in [6.45, 7) is 0.173. The topological polar surface area (TPSA) is 108 Å². The number of hydrogen-bond acceptors (Lipinski definition) is 6. The van der Waals surface area contributed by atoms with E-state index in [0.717, 1.165) is 5.56 Å². The van der Waals surface area contributed by atoms with Gasteiger partial charge in [0.2, 0.25) is 0 Å². The first-order chi connectivity index (χ1) is 7.78. The second kappa shape index (κ2) is 10.1. The van der Waals surface area contributed by atoms with Gasteiger partial charge in [0.1, 0.15) is 0 Å². The molecular formula is C8H12BNO6. The summed E-state index contributed by atoms with van der Waals surface area (Å²) in [5.41, 5.74) is 0.988. The van der Waals surface area contributed by atoms with E-state index in [9.17, 15) is 0 Å². The van der Waals surface area contributed by atoms with E-state index in [0.29, 0.717) is 6.54 Å². The minimum Gasteiger partial charge on any atom is -0.483 e. The fourth-order valence-corrected chi connectivity index (χ4v) is 0.891. The van der Waals surface area contributed by atoms with Gasteiger partial charge < -0.3 is 5.11 Å². The molecule has 1 aromatic rings. The van der Waals surface area contributed by atoms with Gasteiger partial charge in [-0.25, -0.2) is 9.61 Å². The van der Waals surface area contributed by atoms with Gasteiger partial charge in [0, 0.05) is 6.54 Å². The molecule has 1 aromatic carbocycles. The molecule has 16 heavy (non-hydrogen) atoms. The first-order valence-corrected chi connectivity index (χ1v) is 4.24. The van der Waals surface area contributed by atoms with Gasteiger partial charge in [-0.3, -0.25) is 20.5 Å². The van der Waals surface area contributed by atoms with Crippen LogP contribution in [0.15, 0.2) is 30.3 Å². The maximum absolute atomic E-state index is 8.36. The summed E-state index contributed by atoms with van der Waals surface area (Å²) < 4.78 is 0. The number of benzene rings is 1. The fourth-order valence-electron chi connectivity index (χ4n) is 0.891. The van der Waals surface area contributed by atoms with Crippen LogP contribution >= 0.6 is 0 Å². The minimum absolute atomic E-state index is 0.250. The number of nitrogens with one attached hydrogen (secondary N) is 1. The Balaban J connectivity index is 0.000000673. The van der Waals surface area contributed by atoms with Crippen molar-refractivity contribution in [2.75, 3.05) is 0 Å². The van der Waals surface area contributed by atoms with Crippen molar-refractivity contribution in [3.8, 4) is 0 Å². The summed E-state index contributed by atoms with van der Waals surface area (Å²) in [6, 6.07) is 9.43. The highest BCUT2D eigenvalue weighted by atomic mass is 17.2. The molecule has 0 radical (unpaired) electrons. The van der Waals surface area contributed by atoms with E-state index >= 15 is 0 Å². The van der Waals surface area contributed by atoms with Gasteiger partial charge in [-0.1, -0.05) is 30.3 Å². The molecule has 0 aliphatic carbocycles. The summed E-state index contributed by atoms with van der Waals surface area (Å²) in [7, 11) is -1.22. The molecule has 0 bridgehead atoms. The van der Waals surface area contributed by atoms with Crippen LogP contribution in [0.4, 0.5) is 0 Å². The summed E-state index contributed by atoms with van der Waals surface area (Å²) in [4.78, 5) is 15.8. The second-order valence-electron chi connectivity index (χ2n) is 2.51. The molecule has 0 saturated heterocycles. The van der Waals surface area contributed by atoms with E-state index in [-0.39, 0.29) is 6.47 Å². The van der Waals surface area contributed by atoms with Crippen LogP contribution < -0.4 is 5.23 Å². The molecule has 1 rings (SSSR count). The van der Waals surface area contributed by atoms with Crippen molar-refractivity contribution >= 4 is 13.7 Å². The lowest BCUT2D eigenvalue weighted by Gasteiger charge is -2.06. The lowest BCUT2D eigenvalue weighted by molar-refractivity contribution is -0.229. The van der Waals surface area contributed by atoms with E-state index in [4.69, 9.17) is 20.4 Å². The molecule has 0 aliphatic rings. The van der Waals surface area contributed by atoms with Crippen LogP contribution in [0.5, 0.6) is 0 Å². The highest BCUT2D eigenvalue weighted by Gasteiger charge is 2.17. The molecule has 4 N–H and O–H groups in total. The molecule has 0 atom stereocenters. The molecule has 0 saturated carbocycles. The molecule has 8 heteroatoms. The van der Waals surface area contributed by atoms with Crippen LogP contribution in [0.1, 0.15) is 5.56 Å². The van der Waals surface area contributed by atoms with E-state index in [1.54, 1.807) is 0 Å². The second-order valence-corrected chi connectivity index (χ2v) is 2.51. The molecule has 0 unspecified atom stereocenters. The van der Waals surface area contributed by atoms with E-state index in [1.807, 2.05) is 30.3 Å². The zero-order chi connectivity index (χ0) is 12.2. The molecule has 0 fully saturated rings. The average Bonchev–Trinajstić information content (AvgIpc) is 2.33. The first kappa shape index (κ1) is 14.6. The summed E-state index contributed by atoms with van der Waals surface area (Å²) in [5, 5.41) is 25.8. The lowest BCUT2D eigenvalue weighted by atomic mass is 10.1. The maximum Gasteiger partial charge on any atom is 0.611 e. The van der Waals surface area contributed by atoms with Gasteiger partial charge in [-0.2, -0.15) is 0 Å². The largest absolute Gasteiger partial charge is 0.611 e. The Morgan fingerprint density at radius 3 is 2.19 bits per heavy atom. The molecule has 0 amide bonds. The van der Waals surface area contributed by atoms with Crippen molar-refractivity contribution in [3.63, 3.8) is 0 Å². The van der Waals surface area contributed by atoms with Gasteiger partial charge >= 0.3 is 7.25 Å². The van der Waals surface area contributed by atoms with Gasteiger partial charge in [-0.15, -0.1) is 0 Å². The summed E-state index contributed by atoms with van der Waals surface area (Å²) >= 11 is 0. The Morgan fingerprint density at radius 1 is 1.25 bits per heavy atom. The maximum atomic E-state index is 8.36. The van der Waals surface area contributed by atoms with Crippen LogP contribution in [-0.2, 0) is 20.9 Å². The third-order valence-electron chi connectivity index (χ3n) is 1.51.